The van der Waals surface area contributed by atoms with Gasteiger partial charge in [-0.2, -0.15) is 0 Å². The van der Waals surface area contributed by atoms with Gasteiger partial charge in [0, 0.05) is 43.2 Å². The maximum atomic E-state index is 12.7. The largest absolute Gasteiger partial charge is 0.392 e. The van der Waals surface area contributed by atoms with Gasteiger partial charge >= 0.3 is 6.03 Å². The van der Waals surface area contributed by atoms with E-state index in [4.69, 9.17) is 0 Å². The van der Waals surface area contributed by atoms with E-state index >= 15 is 0 Å². The molecule has 0 radical (unpaired) electrons. The van der Waals surface area contributed by atoms with E-state index in [9.17, 15) is 14.7 Å². The lowest BCUT2D eigenvalue weighted by atomic mass is 9.75. The van der Waals surface area contributed by atoms with Gasteiger partial charge in [-0.1, -0.05) is 12.5 Å². The van der Waals surface area contributed by atoms with Crippen LogP contribution in [0.4, 0.5) is 16.2 Å². The van der Waals surface area contributed by atoms with Crippen molar-refractivity contribution in [1.29, 1.82) is 0 Å². The van der Waals surface area contributed by atoms with Gasteiger partial charge in [-0.25, -0.2) is 4.79 Å². The minimum absolute atomic E-state index is 0.132. The summed E-state index contributed by atoms with van der Waals surface area (Å²) in [5.74, 6) is 0.243. The Bertz CT molecular complexity index is 675. The molecule has 3 N–H and O–H groups in total. The van der Waals surface area contributed by atoms with Crippen molar-refractivity contribution in [2.24, 2.45) is 11.8 Å². The van der Waals surface area contributed by atoms with E-state index in [1.165, 1.54) is 6.92 Å². The van der Waals surface area contributed by atoms with Crippen LogP contribution in [0.25, 0.3) is 0 Å². The summed E-state index contributed by atoms with van der Waals surface area (Å²) >= 11 is 0. The van der Waals surface area contributed by atoms with Gasteiger partial charge in [0.2, 0.25) is 5.91 Å². The molecular weight excluding hydrogens is 318 g/mol. The molecule has 25 heavy (non-hydrogen) atoms. The highest BCUT2D eigenvalue weighted by Gasteiger charge is 2.39. The van der Waals surface area contributed by atoms with Crippen molar-refractivity contribution in [3.63, 3.8) is 0 Å². The summed E-state index contributed by atoms with van der Waals surface area (Å²) in [5, 5.41) is 16.1. The van der Waals surface area contributed by atoms with E-state index in [-0.39, 0.29) is 29.9 Å². The maximum Gasteiger partial charge on any atom is 0.321 e. The molecule has 0 spiro atoms. The van der Waals surface area contributed by atoms with E-state index in [0.29, 0.717) is 18.8 Å². The van der Waals surface area contributed by atoms with Crippen LogP contribution in [0.2, 0.25) is 0 Å². The summed E-state index contributed by atoms with van der Waals surface area (Å²) in [7, 11) is 0. The predicted octanol–water partition coefficient (Wildman–Crippen LogP) is 2.89. The number of piperidine rings is 1. The molecular formula is C19H27N3O3. The third kappa shape index (κ3) is 3.63. The Morgan fingerprint density at radius 2 is 1.76 bits per heavy atom. The van der Waals surface area contributed by atoms with Crippen molar-refractivity contribution in [3.8, 4) is 0 Å². The lowest BCUT2D eigenvalue weighted by molar-refractivity contribution is -0.114. The SMILES string of the molecule is CC(=O)Nc1c(C)ccc(NC(=O)N2CC3CCCC(C2)C3O)c1C. The van der Waals surface area contributed by atoms with Crippen LogP contribution in [-0.4, -0.2) is 41.1 Å². The fourth-order valence-electron chi connectivity index (χ4n) is 4.12. The molecule has 2 bridgehead atoms. The molecule has 2 atom stereocenters. The van der Waals surface area contributed by atoms with Crippen LogP contribution in [0.3, 0.4) is 0 Å². The van der Waals surface area contributed by atoms with Crippen LogP contribution in [0.15, 0.2) is 12.1 Å². The molecule has 3 amide bonds. The van der Waals surface area contributed by atoms with Gasteiger partial charge in [0.05, 0.1) is 6.10 Å². The first-order valence-corrected chi connectivity index (χ1v) is 8.98. The number of nitrogens with zero attached hydrogens (tertiary/aromatic N) is 1. The summed E-state index contributed by atoms with van der Waals surface area (Å²) in [5.41, 5.74) is 3.26. The van der Waals surface area contributed by atoms with Gasteiger partial charge in [-0.3, -0.25) is 4.79 Å². The molecule has 2 aliphatic rings. The topological polar surface area (TPSA) is 81.7 Å². The number of carbonyl (C=O) groups excluding carboxylic acids is 2. The average Bonchev–Trinajstić information content (AvgIpc) is 2.53. The first-order chi connectivity index (χ1) is 11.9. The van der Waals surface area contributed by atoms with Gasteiger partial charge in [0.1, 0.15) is 0 Å². The van der Waals surface area contributed by atoms with Crippen molar-refractivity contribution >= 4 is 23.3 Å². The molecule has 6 heteroatoms. The zero-order valence-corrected chi connectivity index (χ0v) is 15.1. The minimum Gasteiger partial charge on any atom is -0.392 e. The number of fused-ring (bicyclic) bond motifs is 2. The number of hydrogen-bond acceptors (Lipinski definition) is 3. The van der Waals surface area contributed by atoms with Crippen LogP contribution in [0, 0.1) is 25.7 Å². The van der Waals surface area contributed by atoms with Gasteiger partial charge in [0.15, 0.2) is 0 Å². The number of aliphatic hydroxyl groups excluding tert-OH is 1. The van der Waals surface area contributed by atoms with Gasteiger partial charge in [-0.15, -0.1) is 0 Å². The molecule has 1 aliphatic heterocycles. The molecule has 6 nitrogen and oxygen atoms in total. The molecule has 1 aromatic rings. The number of amides is 3. The molecule has 2 fully saturated rings. The normalized spacial score (nSPS) is 25.4. The van der Waals surface area contributed by atoms with Crippen molar-refractivity contribution < 1.29 is 14.7 Å². The Morgan fingerprint density at radius 3 is 2.36 bits per heavy atom. The number of likely N-dealkylation sites (tertiary alicyclic amines) is 1. The zero-order chi connectivity index (χ0) is 18.1. The van der Waals surface area contributed by atoms with Crippen LogP contribution in [-0.2, 0) is 4.79 Å². The third-order valence-electron chi connectivity index (χ3n) is 5.53. The van der Waals surface area contributed by atoms with Crippen molar-refractivity contribution in [3.05, 3.63) is 23.3 Å². The van der Waals surface area contributed by atoms with E-state index in [2.05, 4.69) is 10.6 Å². The van der Waals surface area contributed by atoms with Gasteiger partial charge in [0.25, 0.3) is 0 Å². The Kier molecular flexibility index (Phi) is 4.99. The summed E-state index contributed by atoms with van der Waals surface area (Å²) in [6.07, 6.45) is 2.83. The quantitative estimate of drug-likeness (QED) is 0.771. The number of hydrogen-bond donors (Lipinski definition) is 3. The molecule has 1 aromatic carbocycles. The fraction of sp³-hybridized carbons (Fsp3) is 0.579. The number of carbonyl (C=O) groups is 2. The van der Waals surface area contributed by atoms with E-state index in [1.54, 1.807) is 0 Å². The van der Waals surface area contributed by atoms with Crippen molar-refractivity contribution in [2.75, 3.05) is 23.7 Å². The first-order valence-electron chi connectivity index (χ1n) is 8.98. The summed E-state index contributed by atoms with van der Waals surface area (Å²) < 4.78 is 0. The molecule has 0 aromatic heterocycles. The number of benzene rings is 1. The number of urea groups is 1. The number of aryl methyl sites for hydroxylation is 1. The fourth-order valence-corrected chi connectivity index (χ4v) is 4.12. The lowest BCUT2D eigenvalue weighted by Crippen LogP contribution is -2.54. The molecule has 2 unspecified atom stereocenters. The first kappa shape index (κ1) is 17.7. The summed E-state index contributed by atoms with van der Waals surface area (Å²) in [4.78, 5) is 26.0. The molecule has 136 valence electrons. The second-order valence-electron chi connectivity index (χ2n) is 7.39. The van der Waals surface area contributed by atoms with E-state index < -0.39 is 0 Å². The Balaban J connectivity index is 1.74. The second-order valence-corrected chi connectivity index (χ2v) is 7.39. The van der Waals surface area contributed by atoms with Crippen LogP contribution < -0.4 is 10.6 Å². The van der Waals surface area contributed by atoms with E-state index in [1.807, 2.05) is 30.9 Å². The smallest absolute Gasteiger partial charge is 0.321 e. The molecule has 1 heterocycles. The molecule has 3 rings (SSSR count). The van der Waals surface area contributed by atoms with Crippen molar-refractivity contribution in [1.82, 2.24) is 4.90 Å². The average molecular weight is 345 g/mol. The van der Waals surface area contributed by atoms with Crippen LogP contribution in [0.5, 0.6) is 0 Å². The van der Waals surface area contributed by atoms with Crippen LogP contribution in [0.1, 0.15) is 37.3 Å². The highest BCUT2D eigenvalue weighted by atomic mass is 16.3. The number of aliphatic hydroxyl groups is 1. The van der Waals surface area contributed by atoms with E-state index in [0.717, 1.165) is 36.1 Å². The Hall–Kier alpha value is -2.08. The monoisotopic (exact) mass is 345 g/mol. The molecule has 1 saturated carbocycles. The van der Waals surface area contributed by atoms with Crippen LogP contribution >= 0.6 is 0 Å². The Labute approximate surface area is 148 Å². The second kappa shape index (κ2) is 7.04. The number of rotatable bonds is 2. The lowest BCUT2D eigenvalue weighted by Gasteiger charge is -2.44. The highest BCUT2D eigenvalue weighted by Crippen LogP contribution is 2.35. The predicted molar refractivity (Wildman–Crippen MR) is 97.6 cm³/mol. The van der Waals surface area contributed by atoms with Crippen molar-refractivity contribution in [2.45, 2.75) is 46.1 Å². The maximum absolute atomic E-state index is 12.7. The zero-order valence-electron chi connectivity index (χ0n) is 15.1. The number of nitrogens with one attached hydrogen (secondary N) is 2. The Morgan fingerprint density at radius 1 is 1.12 bits per heavy atom. The summed E-state index contributed by atoms with van der Waals surface area (Å²) in [6, 6.07) is 3.63. The molecule has 1 aliphatic carbocycles. The standard InChI is InChI=1S/C19H27N3O3/c1-11-7-8-16(12(2)17(11)20-13(3)23)21-19(25)22-9-14-5-4-6-15(10-22)18(14)24/h7-8,14-15,18,24H,4-6,9-10H2,1-3H3,(H,20,23)(H,21,25). The minimum atomic E-state index is -0.273. The highest BCUT2D eigenvalue weighted by molar-refractivity contribution is 5.95. The van der Waals surface area contributed by atoms with Gasteiger partial charge < -0.3 is 20.6 Å². The third-order valence-corrected chi connectivity index (χ3v) is 5.53. The molecule has 1 saturated heterocycles. The van der Waals surface area contributed by atoms with Gasteiger partial charge in [-0.05, 0) is 43.9 Å². The summed E-state index contributed by atoms with van der Waals surface area (Å²) in [6.45, 7) is 6.50. The number of anilines is 2.